The van der Waals surface area contributed by atoms with E-state index in [1.165, 1.54) is 0 Å². The van der Waals surface area contributed by atoms with Crippen molar-refractivity contribution in [2.24, 2.45) is 0 Å². The van der Waals surface area contributed by atoms with Crippen molar-refractivity contribution >= 4 is 21.6 Å². The Balaban J connectivity index is 2.17. The van der Waals surface area contributed by atoms with E-state index >= 15 is 0 Å². The van der Waals surface area contributed by atoms with Gasteiger partial charge in [-0.2, -0.15) is 0 Å². The zero-order valence-electron chi connectivity index (χ0n) is 12.5. The zero-order valence-corrected chi connectivity index (χ0v) is 13.4. The van der Waals surface area contributed by atoms with E-state index in [0.29, 0.717) is 6.54 Å². The molecule has 20 heavy (non-hydrogen) atoms. The van der Waals surface area contributed by atoms with Gasteiger partial charge in [0.05, 0.1) is 11.9 Å². The number of thiophene rings is 1. The molecule has 2 heterocycles. The van der Waals surface area contributed by atoms with Crippen LogP contribution in [0.3, 0.4) is 0 Å². The van der Waals surface area contributed by atoms with Crippen molar-refractivity contribution in [3.63, 3.8) is 0 Å². The zero-order chi connectivity index (χ0) is 14.7. The summed E-state index contributed by atoms with van der Waals surface area (Å²) >= 11 is 1.60. The summed E-state index contributed by atoms with van der Waals surface area (Å²) in [5.74, 6) is 0.746. The number of hydrogen-bond acceptors (Lipinski definition) is 5. The lowest BCUT2D eigenvalue weighted by Crippen LogP contribution is -2.25. The number of aromatic amines is 1. The minimum atomic E-state index is -0.0181. The van der Waals surface area contributed by atoms with Crippen LogP contribution < -0.4 is 10.9 Å². The van der Waals surface area contributed by atoms with Gasteiger partial charge in [0.2, 0.25) is 0 Å². The van der Waals surface area contributed by atoms with Gasteiger partial charge in [-0.1, -0.05) is 0 Å². The van der Waals surface area contributed by atoms with Crippen molar-refractivity contribution in [2.45, 2.75) is 26.8 Å². The normalized spacial score (nSPS) is 11.7. The smallest absolute Gasteiger partial charge is 0.259 e. The van der Waals surface area contributed by atoms with Gasteiger partial charge in [-0.15, -0.1) is 11.3 Å². The van der Waals surface area contributed by atoms with Crippen LogP contribution in [0.1, 0.15) is 22.7 Å². The number of aromatic nitrogens is 2. The predicted molar refractivity (Wildman–Crippen MR) is 84.6 cm³/mol. The molecule has 2 N–H and O–H groups in total. The van der Waals surface area contributed by atoms with E-state index in [1.807, 2.05) is 27.9 Å². The van der Waals surface area contributed by atoms with E-state index in [1.54, 1.807) is 11.3 Å². The molecule has 0 fully saturated rings. The molecule has 0 aliphatic heterocycles. The van der Waals surface area contributed by atoms with E-state index < -0.39 is 0 Å². The van der Waals surface area contributed by atoms with Gasteiger partial charge >= 0.3 is 0 Å². The third-order valence-corrected chi connectivity index (χ3v) is 4.58. The molecule has 0 aliphatic rings. The summed E-state index contributed by atoms with van der Waals surface area (Å²) in [6, 6.07) is 0. The van der Waals surface area contributed by atoms with Crippen LogP contribution in [-0.4, -0.2) is 42.1 Å². The van der Waals surface area contributed by atoms with Gasteiger partial charge in [0.15, 0.2) is 0 Å². The van der Waals surface area contributed by atoms with Gasteiger partial charge in [-0.05, 0) is 53.0 Å². The second-order valence-electron chi connectivity index (χ2n) is 5.17. The Kier molecular flexibility index (Phi) is 4.91. The molecule has 0 amide bonds. The molecular formula is C14H22N4OS. The Morgan fingerprint density at radius 3 is 2.85 bits per heavy atom. The molecule has 110 valence electrons. The quantitative estimate of drug-likeness (QED) is 0.795. The standard InChI is InChI=1S/C14H22N4OS/c1-9-10(2)20-14-12(9)13(19)16-11(17-14)8-18(4)7-5-6-15-3/h15H,5-8H2,1-4H3,(H,16,17,19). The molecule has 2 rings (SSSR count). The lowest BCUT2D eigenvalue weighted by Gasteiger charge is -2.15. The lowest BCUT2D eigenvalue weighted by atomic mass is 10.2. The molecule has 6 heteroatoms. The van der Waals surface area contributed by atoms with Crippen molar-refractivity contribution in [1.29, 1.82) is 0 Å². The highest BCUT2D eigenvalue weighted by Gasteiger charge is 2.12. The lowest BCUT2D eigenvalue weighted by molar-refractivity contribution is 0.313. The molecule has 0 saturated heterocycles. The minimum absolute atomic E-state index is 0.0181. The summed E-state index contributed by atoms with van der Waals surface area (Å²) in [5.41, 5.74) is 1.03. The fourth-order valence-electron chi connectivity index (χ4n) is 2.23. The maximum absolute atomic E-state index is 12.2. The van der Waals surface area contributed by atoms with Crippen molar-refractivity contribution in [2.75, 3.05) is 27.2 Å². The summed E-state index contributed by atoms with van der Waals surface area (Å²) in [7, 11) is 4.00. The van der Waals surface area contributed by atoms with Gasteiger partial charge in [0.1, 0.15) is 10.7 Å². The largest absolute Gasteiger partial charge is 0.320 e. The van der Waals surface area contributed by atoms with Gasteiger partial charge in [0.25, 0.3) is 5.56 Å². The van der Waals surface area contributed by atoms with Crippen LogP contribution in [0.15, 0.2) is 4.79 Å². The van der Waals surface area contributed by atoms with Gasteiger partial charge in [-0.25, -0.2) is 4.98 Å². The highest BCUT2D eigenvalue weighted by atomic mass is 32.1. The van der Waals surface area contributed by atoms with Crippen molar-refractivity contribution in [3.05, 3.63) is 26.6 Å². The average Bonchev–Trinajstić information content (AvgIpc) is 2.65. The number of nitrogens with one attached hydrogen (secondary N) is 2. The van der Waals surface area contributed by atoms with E-state index in [9.17, 15) is 4.79 Å². The molecule has 2 aromatic rings. The number of hydrogen-bond donors (Lipinski definition) is 2. The van der Waals surface area contributed by atoms with Crippen molar-refractivity contribution < 1.29 is 0 Å². The van der Waals surface area contributed by atoms with Crippen LogP contribution in [0.25, 0.3) is 10.2 Å². The van der Waals surface area contributed by atoms with Gasteiger partial charge in [-0.3, -0.25) is 9.69 Å². The first kappa shape index (κ1) is 15.2. The molecule has 0 unspecified atom stereocenters. The summed E-state index contributed by atoms with van der Waals surface area (Å²) in [5, 5.41) is 3.88. The average molecular weight is 294 g/mol. The summed E-state index contributed by atoms with van der Waals surface area (Å²) in [4.78, 5) is 23.8. The second-order valence-corrected chi connectivity index (χ2v) is 6.37. The van der Waals surface area contributed by atoms with E-state index in [2.05, 4.69) is 20.2 Å². The van der Waals surface area contributed by atoms with Crippen LogP contribution in [0.4, 0.5) is 0 Å². The van der Waals surface area contributed by atoms with Gasteiger partial charge in [0, 0.05) is 4.88 Å². The topological polar surface area (TPSA) is 61.0 Å². The highest BCUT2D eigenvalue weighted by Crippen LogP contribution is 2.25. The highest BCUT2D eigenvalue weighted by molar-refractivity contribution is 7.18. The molecule has 0 bridgehead atoms. The summed E-state index contributed by atoms with van der Waals surface area (Å²) in [6.07, 6.45) is 1.08. The number of rotatable bonds is 6. The molecule has 0 aromatic carbocycles. The maximum Gasteiger partial charge on any atom is 0.259 e. The first-order chi connectivity index (χ1) is 9.52. The summed E-state index contributed by atoms with van der Waals surface area (Å²) < 4.78 is 0. The van der Waals surface area contributed by atoms with E-state index in [4.69, 9.17) is 0 Å². The van der Waals surface area contributed by atoms with Crippen LogP contribution >= 0.6 is 11.3 Å². The number of aryl methyl sites for hydroxylation is 2. The molecular weight excluding hydrogens is 272 g/mol. The molecule has 0 atom stereocenters. The van der Waals surface area contributed by atoms with Crippen LogP contribution in [0.2, 0.25) is 0 Å². The fraction of sp³-hybridized carbons (Fsp3) is 0.571. The Morgan fingerprint density at radius 1 is 1.40 bits per heavy atom. The minimum Gasteiger partial charge on any atom is -0.320 e. The Bertz CT molecular complexity index is 646. The monoisotopic (exact) mass is 294 g/mol. The number of nitrogens with zero attached hydrogens (tertiary/aromatic N) is 2. The Morgan fingerprint density at radius 2 is 2.15 bits per heavy atom. The van der Waals surface area contributed by atoms with E-state index in [-0.39, 0.29) is 5.56 Å². The Labute approximate surface area is 123 Å². The van der Waals surface area contributed by atoms with E-state index in [0.717, 1.165) is 46.0 Å². The molecule has 0 aliphatic carbocycles. The maximum atomic E-state index is 12.2. The first-order valence-corrected chi connectivity index (χ1v) is 7.66. The predicted octanol–water partition coefficient (Wildman–Crippen LogP) is 1.64. The first-order valence-electron chi connectivity index (χ1n) is 6.85. The Hall–Kier alpha value is -1.24. The molecule has 0 spiro atoms. The number of fused-ring (bicyclic) bond motifs is 1. The van der Waals surface area contributed by atoms with Gasteiger partial charge < -0.3 is 10.3 Å². The molecule has 0 radical (unpaired) electrons. The van der Waals surface area contributed by atoms with Crippen molar-refractivity contribution in [1.82, 2.24) is 20.2 Å². The van der Waals surface area contributed by atoms with Crippen LogP contribution in [-0.2, 0) is 6.54 Å². The third-order valence-electron chi connectivity index (χ3n) is 3.47. The summed E-state index contributed by atoms with van der Waals surface area (Å²) in [6.45, 7) is 6.66. The van der Waals surface area contributed by atoms with Crippen LogP contribution in [0, 0.1) is 13.8 Å². The second kappa shape index (κ2) is 6.47. The molecule has 2 aromatic heterocycles. The van der Waals surface area contributed by atoms with Crippen LogP contribution in [0.5, 0.6) is 0 Å². The van der Waals surface area contributed by atoms with Crippen molar-refractivity contribution in [3.8, 4) is 0 Å². The fourth-order valence-corrected chi connectivity index (χ4v) is 3.28. The third kappa shape index (κ3) is 3.26. The molecule has 0 saturated carbocycles. The molecule has 5 nitrogen and oxygen atoms in total. The number of H-pyrrole nitrogens is 1. The SMILES string of the molecule is CNCCCN(C)Cc1nc2sc(C)c(C)c2c(=O)[nH]1.